The van der Waals surface area contributed by atoms with Crippen molar-refractivity contribution in [3.8, 4) is 0 Å². The maximum atomic E-state index is 11.5. The zero-order valence-corrected chi connectivity index (χ0v) is 10.7. The molecule has 2 N–H and O–H groups in total. The van der Waals surface area contributed by atoms with Crippen molar-refractivity contribution in [2.24, 2.45) is 0 Å². The molecule has 0 aliphatic rings. The van der Waals surface area contributed by atoms with E-state index in [4.69, 9.17) is 11.6 Å². The molecule has 1 aromatic heterocycles. The molecule has 6 heteroatoms. The molecule has 16 heavy (non-hydrogen) atoms. The number of hydrogen-bond acceptors (Lipinski definition) is 3. The summed E-state index contributed by atoms with van der Waals surface area (Å²) in [5.74, 6) is -0.488. The smallest absolute Gasteiger partial charge is 0.261 e. The Labute approximate surface area is 103 Å². The minimum absolute atomic E-state index is 0.0915. The number of nitrogens with one attached hydrogen (secondary N) is 2. The topological polar surface area (TPSA) is 58.2 Å². The fraction of sp³-hybridized carbons (Fsp3) is 0.400. The van der Waals surface area contributed by atoms with E-state index in [0.717, 1.165) is 4.88 Å². The summed E-state index contributed by atoms with van der Waals surface area (Å²) in [5.41, 5.74) is 0.650. The predicted octanol–water partition coefficient (Wildman–Crippen LogP) is 1.98. The van der Waals surface area contributed by atoms with Crippen LogP contribution in [-0.2, 0) is 4.79 Å². The second-order valence-corrected chi connectivity index (χ2v) is 4.65. The number of anilines is 1. The monoisotopic (exact) mass is 260 g/mol. The Bertz CT molecular complexity index is 404. The molecule has 0 fully saturated rings. The summed E-state index contributed by atoms with van der Waals surface area (Å²) in [7, 11) is 0. The number of carbonyl (C=O) groups excluding carboxylic acids is 2. The molecular formula is C10H13ClN2O2S. The highest BCUT2D eigenvalue weighted by Gasteiger charge is 2.12. The van der Waals surface area contributed by atoms with E-state index >= 15 is 0 Å². The summed E-state index contributed by atoms with van der Waals surface area (Å²) in [6.45, 7) is 4.28. The summed E-state index contributed by atoms with van der Waals surface area (Å²) in [6, 6.07) is 1.66. The SMILES string of the molecule is CCNC(=O)c1cc(NC(=O)CCl)c(C)s1. The highest BCUT2D eigenvalue weighted by molar-refractivity contribution is 7.14. The van der Waals surface area contributed by atoms with Crippen LogP contribution in [0.1, 0.15) is 21.5 Å². The zero-order valence-electron chi connectivity index (χ0n) is 9.09. The Morgan fingerprint density at radius 2 is 2.19 bits per heavy atom. The number of hydrogen-bond donors (Lipinski definition) is 2. The maximum Gasteiger partial charge on any atom is 0.261 e. The lowest BCUT2D eigenvalue weighted by molar-refractivity contribution is -0.113. The Balaban J connectivity index is 2.81. The number of rotatable bonds is 4. The average molecular weight is 261 g/mol. The summed E-state index contributed by atoms with van der Waals surface area (Å²) < 4.78 is 0. The lowest BCUT2D eigenvalue weighted by Gasteiger charge is -1.99. The highest BCUT2D eigenvalue weighted by Crippen LogP contribution is 2.26. The first-order chi connectivity index (χ1) is 7.58. The fourth-order valence-electron chi connectivity index (χ4n) is 1.15. The zero-order chi connectivity index (χ0) is 12.1. The lowest BCUT2D eigenvalue weighted by atomic mass is 10.3. The Morgan fingerprint density at radius 1 is 1.50 bits per heavy atom. The van der Waals surface area contributed by atoms with Crippen molar-refractivity contribution in [2.45, 2.75) is 13.8 Å². The first-order valence-corrected chi connectivity index (χ1v) is 6.18. The number of carbonyl (C=O) groups is 2. The van der Waals surface area contributed by atoms with Gasteiger partial charge in [-0.25, -0.2) is 0 Å². The Morgan fingerprint density at radius 3 is 2.75 bits per heavy atom. The van der Waals surface area contributed by atoms with Gasteiger partial charge in [0.2, 0.25) is 5.91 Å². The van der Waals surface area contributed by atoms with Gasteiger partial charge in [-0.15, -0.1) is 22.9 Å². The van der Waals surface area contributed by atoms with Crippen LogP contribution in [0.3, 0.4) is 0 Å². The van der Waals surface area contributed by atoms with Crippen LogP contribution in [0.4, 0.5) is 5.69 Å². The average Bonchev–Trinajstić information content (AvgIpc) is 2.61. The normalized spacial score (nSPS) is 9.94. The van der Waals surface area contributed by atoms with E-state index in [-0.39, 0.29) is 17.7 Å². The van der Waals surface area contributed by atoms with Gasteiger partial charge >= 0.3 is 0 Å². The molecule has 0 atom stereocenters. The van der Waals surface area contributed by atoms with Gasteiger partial charge in [-0.1, -0.05) is 0 Å². The predicted molar refractivity (Wildman–Crippen MR) is 66.4 cm³/mol. The summed E-state index contributed by atoms with van der Waals surface area (Å²) in [6.07, 6.45) is 0. The summed E-state index contributed by atoms with van der Waals surface area (Å²) in [4.78, 5) is 24.1. The van der Waals surface area contributed by atoms with Crippen LogP contribution in [0, 0.1) is 6.92 Å². The molecule has 0 unspecified atom stereocenters. The Kier molecular flexibility index (Phi) is 4.76. The third kappa shape index (κ3) is 3.21. The standard InChI is InChI=1S/C10H13ClN2O2S/c1-3-12-10(15)8-4-7(6(2)16-8)13-9(14)5-11/h4H,3,5H2,1-2H3,(H,12,15)(H,13,14). The molecule has 88 valence electrons. The van der Waals surface area contributed by atoms with Gasteiger partial charge in [-0.2, -0.15) is 0 Å². The lowest BCUT2D eigenvalue weighted by Crippen LogP contribution is -2.21. The molecule has 0 radical (unpaired) electrons. The minimum atomic E-state index is -0.273. The molecular weight excluding hydrogens is 248 g/mol. The van der Waals surface area contributed by atoms with Crippen LogP contribution < -0.4 is 10.6 Å². The molecule has 0 saturated heterocycles. The third-order valence-electron chi connectivity index (χ3n) is 1.87. The molecule has 1 heterocycles. The fourth-order valence-corrected chi connectivity index (χ4v) is 2.11. The van der Waals surface area contributed by atoms with Gasteiger partial charge in [-0.05, 0) is 19.9 Å². The van der Waals surface area contributed by atoms with E-state index in [1.165, 1.54) is 11.3 Å². The molecule has 0 aromatic carbocycles. The molecule has 1 rings (SSSR count). The van der Waals surface area contributed by atoms with Crippen LogP contribution in [0.15, 0.2) is 6.07 Å². The van der Waals surface area contributed by atoms with Crippen LogP contribution in [0.2, 0.25) is 0 Å². The van der Waals surface area contributed by atoms with Crippen molar-refractivity contribution in [1.29, 1.82) is 0 Å². The molecule has 4 nitrogen and oxygen atoms in total. The third-order valence-corrected chi connectivity index (χ3v) is 3.17. The second-order valence-electron chi connectivity index (χ2n) is 3.12. The Hall–Kier alpha value is -1.07. The van der Waals surface area contributed by atoms with E-state index in [2.05, 4.69) is 10.6 Å². The first-order valence-electron chi connectivity index (χ1n) is 4.83. The number of alkyl halides is 1. The molecule has 0 aliphatic heterocycles. The molecule has 0 bridgehead atoms. The van der Waals surface area contributed by atoms with Gasteiger partial charge in [-0.3, -0.25) is 9.59 Å². The molecule has 0 aliphatic carbocycles. The van der Waals surface area contributed by atoms with Crippen molar-refractivity contribution in [2.75, 3.05) is 17.7 Å². The molecule has 0 saturated carbocycles. The van der Waals surface area contributed by atoms with Crippen molar-refractivity contribution < 1.29 is 9.59 Å². The number of aryl methyl sites for hydroxylation is 1. The van der Waals surface area contributed by atoms with Crippen molar-refractivity contribution in [3.05, 3.63) is 15.8 Å². The summed E-state index contributed by atoms with van der Waals surface area (Å²) in [5, 5.41) is 5.34. The van der Waals surface area contributed by atoms with E-state index < -0.39 is 0 Å². The van der Waals surface area contributed by atoms with Gasteiger partial charge in [0.05, 0.1) is 10.6 Å². The van der Waals surface area contributed by atoms with Crippen LogP contribution >= 0.6 is 22.9 Å². The van der Waals surface area contributed by atoms with E-state index in [1.807, 2.05) is 13.8 Å². The van der Waals surface area contributed by atoms with Gasteiger partial charge in [0.25, 0.3) is 5.91 Å². The molecule has 0 spiro atoms. The van der Waals surface area contributed by atoms with Gasteiger partial charge in [0.15, 0.2) is 0 Å². The largest absolute Gasteiger partial charge is 0.352 e. The minimum Gasteiger partial charge on any atom is -0.352 e. The second kappa shape index (κ2) is 5.86. The van der Waals surface area contributed by atoms with Crippen molar-refractivity contribution >= 4 is 40.4 Å². The van der Waals surface area contributed by atoms with Crippen molar-refractivity contribution in [1.82, 2.24) is 5.32 Å². The van der Waals surface area contributed by atoms with Crippen LogP contribution in [0.5, 0.6) is 0 Å². The van der Waals surface area contributed by atoms with E-state index in [1.54, 1.807) is 6.07 Å². The van der Waals surface area contributed by atoms with Gasteiger partial charge in [0.1, 0.15) is 5.88 Å². The number of thiophene rings is 1. The van der Waals surface area contributed by atoms with Gasteiger partial charge < -0.3 is 10.6 Å². The number of amides is 2. The number of halogens is 1. The van der Waals surface area contributed by atoms with Crippen LogP contribution in [0.25, 0.3) is 0 Å². The quantitative estimate of drug-likeness (QED) is 0.814. The first kappa shape index (κ1) is 13.0. The van der Waals surface area contributed by atoms with E-state index in [0.29, 0.717) is 17.1 Å². The molecule has 2 amide bonds. The van der Waals surface area contributed by atoms with Gasteiger partial charge in [0, 0.05) is 11.4 Å². The molecule has 1 aromatic rings. The highest BCUT2D eigenvalue weighted by atomic mass is 35.5. The van der Waals surface area contributed by atoms with E-state index in [9.17, 15) is 9.59 Å². The van der Waals surface area contributed by atoms with Crippen LogP contribution in [-0.4, -0.2) is 24.2 Å². The maximum absolute atomic E-state index is 11.5. The van der Waals surface area contributed by atoms with Crippen molar-refractivity contribution in [3.63, 3.8) is 0 Å². The summed E-state index contributed by atoms with van der Waals surface area (Å²) >= 11 is 6.73.